The highest BCUT2D eigenvalue weighted by Crippen LogP contribution is 2.34. The number of ether oxygens (including phenoxy) is 2. The van der Waals surface area contributed by atoms with Gasteiger partial charge in [0.2, 0.25) is 0 Å². The van der Waals surface area contributed by atoms with Crippen LogP contribution in [0.1, 0.15) is 6.42 Å². The van der Waals surface area contributed by atoms with Crippen LogP contribution in [0, 0.1) is 0 Å². The summed E-state index contributed by atoms with van der Waals surface area (Å²) in [7, 11) is -9.49. The zero-order valence-electron chi connectivity index (χ0n) is 11.2. The normalized spacial score (nSPS) is 13.1. The highest BCUT2D eigenvalue weighted by Gasteiger charge is 2.28. The summed E-state index contributed by atoms with van der Waals surface area (Å²) >= 11 is 0. The second-order valence-electron chi connectivity index (χ2n) is 4.10. The van der Waals surface area contributed by atoms with Gasteiger partial charge in [-0.25, -0.2) is 4.79 Å². The Morgan fingerprint density at radius 1 is 0.826 bits per heavy atom. The van der Waals surface area contributed by atoms with Crippen molar-refractivity contribution in [3.8, 4) is 0 Å². The fourth-order valence-electron chi connectivity index (χ4n) is 1.02. The van der Waals surface area contributed by atoms with Gasteiger partial charge in [0.15, 0.2) is 0 Å². The molecule has 23 heavy (non-hydrogen) atoms. The van der Waals surface area contributed by atoms with Crippen LogP contribution in [0.4, 0.5) is 0 Å². The van der Waals surface area contributed by atoms with Crippen LogP contribution in [0.15, 0.2) is 0 Å². The van der Waals surface area contributed by atoms with Gasteiger partial charge in [-0.2, -0.15) is 0 Å². The van der Waals surface area contributed by atoms with E-state index in [-0.39, 0.29) is 0 Å². The molecule has 0 aliphatic rings. The maximum absolute atomic E-state index is 11.3. The molecule has 0 aromatic heterocycles. The van der Waals surface area contributed by atoms with E-state index in [0.29, 0.717) is 0 Å². The SMILES string of the molecule is N[C@@H](CC(=O)OC(=O)CP(=O)(O)O)C(=O)OC(=O)CP(=O)(O)O. The fraction of sp³-hybridized carbons (Fsp3) is 0.500. The summed E-state index contributed by atoms with van der Waals surface area (Å²) < 4.78 is 28.9. The number of carbonyl (C=O) groups excluding carboxylic acids is 4. The third kappa shape index (κ3) is 11.7. The molecule has 0 aromatic rings. The molecule has 0 amide bonds. The zero-order valence-corrected chi connectivity index (χ0v) is 13.0. The van der Waals surface area contributed by atoms with Gasteiger partial charge in [-0.3, -0.25) is 23.5 Å². The number of rotatable bonds is 7. The molecule has 0 bridgehead atoms. The molecule has 0 unspecified atom stereocenters. The molecule has 0 fully saturated rings. The molecular weight excluding hydrogens is 364 g/mol. The maximum Gasteiger partial charge on any atom is 0.336 e. The molecule has 0 aromatic carbocycles. The quantitative estimate of drug-likeness (QED) is 0.172. The Morgan fingerprint density at radius 2 is 1.22 bits per heavy atom. The molecule has 0 rings (SSSR count). The largest absolute Gasteiger partial charge is 0.393 e. The van der Waals surface area contributed by atoms with Gasteiger partial charge in [-0.15, -0.1) is 0 Å². The highest BCUT2D eigenvalue weighted by atomic mass is 31.2. The van der Waals surface area contributed by atoms with E-state index in [4.69, 9.17) is 25.3 Å². The lowest BCUT2D eigenvalue weighted by Gasteiger charge is -2.10. The number of hydrogen-bond acceptors (Lipinski definition) is 9. The first-order valence-electron chi connectivity index (χ1n) is 5.52. The molecular formula is C8H13NO12P2. The molecule has 13 nitrogen and oxygen atoms in total. The van der Waals surface area contributed by atoms with E-state index in [2.05, 4.69) is 9.47 Å². The van der Waals surface area contributed by atoms with E-state index >= 15 is 0 Å². The monoisotopic (exact) mass is 377 g/mol. The van der Waals surface area contributed by atoms with Crippen LogP contribution in [0.2, 0.25) is 0 Å². The van der Waals surface area contributed by atoms with Gasteiger partial charge < -0.3 is 34.8 Å². The van der Waals surface area contributed by atoms with Gasteiger partial charge >= 0.3 is 39.1 Å². The Labute approximate surface area is 128 Å². The first-order valence-corrected chi connectivity index (χ1v) is 9.12. The average Bonchev–Trinajstić information content (AvgIpc) is 2.21. The summed E-state index contributed by atoms with van der Waals surface area (Å²) in [4.78, 5) is 78.2. The Balaban J connectivity index is 4.39. The topological polar surface area (TPSA) is 228 Å². The summed E-state index contributed by atoms with van der Waals surface area (Å²) in [5, 5.41) is 0. The number of hydrogen-bond donors (Lipinski definition) is 5. The second kappa shape index (κ2) is 8.41. The first-order chi connectivity index (χ1) is 10.2. The fourth-order valence-corrected chi connectivity index (χ4v) is 1.82. The Morgan fingerprint density at radius 3 is 1.61 bits per heavy atom. The summed E-state index contributed by atoms with van der Waals surface area (Å²) in [6.45, 7) is 0. The third-order valence-electron chi connectivity index (χ3n) is 1.80. The van der Waals surface area contributed by atoms with Crippen LogP contribution in [0.5, 0.6) is 0 Å². The number of carbonyl (C=O) groups is 4. The minimum Gasteiger partial charge on any atom is -0.393 e. The van der Waals surface area contributed by atoms with E-state index in [9.17, 15) is 28.3 Å². The lowest BCUT2D eigenvalue weighted by atomic mass is 10.2. The lowest BCUT2D eigenvalue weighted by Crippen LogP contribution is -2.37. The average molecular weight is 377 g/mol. The van der Waals surface area contributed by atoms with Crippen LogP contribution >= 0.6 is 15.2 Å². The zero-order chi connectivity index (χ0) is 18.4. The summed E-state index contributed by atoms with van der Waals surface area (Å²) in [5.41, 5.74) is 5.15. The van der Waals surface area contributed by atoms with Crippen molar-refractivity contribution in [1.29, 1.82) is 0 Å². The van der Waals surface area contributed by atoms with Crippen molar-refractivity contribution in [3.63, 3.8) is 0 Å². The molecule has 15 heteroatoms. The highest BCUT2D eigenvalue weighted by molar-refractivity contribution is 7.53. The van der Waals surface area contributed by atoms with E-state index in [0.717, 1.165) is 0 Å². The molecule has 0 heterocycles. The van der Waals surface area contributed by atoms with Crippen LogP contribution in [-0.4, -0.2) is 61.8 Å². The van der Waals surface area contributed by atoms with Crippen molar-refractivity contribution in [2.75, 3.05) is 12.3 Å². The summed E-state index contributed by atoms with van der Waals surface area (Å²) in [6.07, 6.45) is -3.72. The minimum absolute atomic E-state index is 0.977. The van der Waals surface area contributed by atoms with E-state index in [1.54, 1.807) is 0 Å². The van der Waals surface area contributed by atoms with Gasteiger partial charge in [-0.1, -0.05) is 0 Å². The number of nitrogens with two attached hydrogens (primary N) is 1. The van der Waals surface area contributed by atoms with E-state index in [1.165, 1.54) is 0 Å². The molecule has 0 saturated carbocycles. The van der Waals surface area contributed by atoms with Gasteiger partial charge in [0, 0.05) is 0 Å². The number of esters is 4. The minimum atomic E-state index is -4.75. The lowest BCUT2D eigenvalue weighted by molar-refractivity contribution is -0.164. The van der Waals surface area contributed by atoms with Gasteiger partial charge in [0.1, 0.15) is 18.4 Å². The predicted molar refractivity (Wildman–Crippen MR) is 68.6 cm³/mol. The van der Waals surface area contributed by atoms with Crippen molar-refractivity contribution < 1.29 is 57.4 Å². The van der Waals surface area contributed by atoms with Gasteiger partial charge in [-0.05, 0) is 0 Å². The molecule has 0 saturated heterocycles. The van der Waals surface area contributed by atoms with Crippen molar-refractivity contribution in [2.24, 2.45) is 5.73 Å². The molecule has 0 aliphatic heterocycles. The predicted octanol–water partition coefficient (Wildman–Crippen LogP) is -2.80. The van der Waals surface area contributed by atoms with Crippen LogP contribution in [-0.2, 0) is 37.8 Å². The summed E-state index contributed by atoms with van der Waals surface area (Å²) in [5.74, 6) is -6.07. The summed E-state index contributed by atoms with van der Waals surface area (Å²) in [6, 6.07) is -1.80. The Hall–Kier alpha value is -1.46. The third-order valence-corrected chi connectivity index (χ3v) is 3.14. The molecule has 132 valence electrons. The molecule has 6 N–H and O–H groups in total. The van der Waals surface area contributed by atoms with E-state index in [1.807, 2.05) is 0 Å². The van der Waals surface area contributed by atoms with Crippen molar-refractivity contribution in [3.05, 3.63) is 0 Å². The van der Waals surface area contributed by atoms with E-state index < -0.39 is 63.9 Å². The molecule has 0 spiro atoms. The second-order valence-corrected chi connectivity index (χ2v) is 7.39. The van der Waals surface area contributed by atoms with Crippen LogP contribution < -0.4 is 5.73 Å². The Bertz CT molecular complexity index is 588. The van der Waals surface area contributed by atoms with Crippen molar-refractivity contribution in [2.45, 2.75) is 12.5 Å². The van der Waals surface area contributed by atoms with Crippen LogP contribution in [0.3, 0.4) is 0 Å². The smallest absolute Gasteiger partial charge is 0.336 e. The molecule has 1 atom stereocenters. The Kier molecular flexibility index (Phi) is 7.87. The van der Waals surface area contributed by atoms with Crippen molar-refractivity contribution >= 4 is 39.1 Å². The van der Waals surface area contributed by atoms with Gasteiger partial charge in [0.25, 0.3) is 0 Å². The van der Waals surface area contributed by atoms with Crippen molar-refractivity contribution in [1.82, 2.24) is 0 Å². The molecule has 0 aliphatic carbocycles. The van der Waals surface area contributed by atoms with Gasteiger partial charge in [0.05, 0.1) is 6.42 Å². The van der Waals surface area contributed by atoms with Crippen LogP contribution in [0.25, 0.3) is 0 Å². The standard InChI is InChI=1S/C8H13NO12P2/c9-4(8(13)21-7(12)3-23(17,18)19)1-5(10)20-6(11)2-22(14,15)16/h4H,1-3,9H2,(H2,14,15,16)(H2,17,18,19)/t4-/m0/s1. The molecule has 0 radical (unpaired) electrons. The maximum atomic E-state index is 11.3. The first kappa shape index (κ1) is 21.5.